The van der Waals surface area contributed by atoms with Crippen LogP contribution in [0.1, 0.15) is 6.92 Å². The second-order valence-corrected chi connectivity index (χ2v) is 8.58. The second-order valence-electron chi connectivity index (χ2n) is 8.58. The van der Waals surface area contributed by atoms with Crippen LogP contribution in [0.15, 0.2) is 47.3 Å². The summed E-state index contributed by atoms with van der Waals surface area (Å²) in [5.74, 6) is 0.529. The monoisotopic (exact) mass is 455 g/mol. The van der Waals surface area contributed by atoms with Crippen LogP contribution in [0.25, 0.3) is 44.0 Å². The third-order valence-corrected chi connectivity index (χ3v) is 6.67. The van der Waals surface area contributed by atoms with Crippen LogP contribution in [0.5, 0.6) is 5.75 Å². The molecule has 9 nitrogen and oxygen atoms in total. The molecule has 0 amide bonds. The minimum absolute atomic E-state index is 0.125. The molecule has 1 aliphatic heterocycles. The number of phenolic OH excluding ortho intramolecular Hbond substituents is 1. The smallest absolute Gasteiger partial charge is 0.261 e. The van der Waals surface area contributed by atoms with E-state index in [-0.39, 0.29) is 11.3 Å². The topological polar surface area (TPSA) is 125 Å². The zero-order chi connectivity index (χ0) is 23.4. The summed E-state index contributed by atoms with van der Waals surface area (Å²) in [6, 6.07) is 13.0. The van der Waals surface area contributed by atoms with Crippen molar-refractivity contribution in [3.63, 3.8) is 0 Å². The molecule has 1 aliphatic rings. The van der Waals surface area contributed by atoms with Gasteiger partial charge in [-0.2, -0.15) is 5.10 Å². The molecule has 2 aromatic carbocycles. The first kappa shape index (κ1) is 20.5. The number of benzene rings is 2. The number of nitrogens with one attached hydrogen (secondary N) is 2. The van der Waals surface area contributed by atoms with Gasteiger partial charge in [-0.05, 0) is 43.3 Å². The van der Waals surface area contributed by atoms with Crippen LogP contribution in [0.3, 0.4) is 0 Å². The normalized spacial score (nSPS) is 14.4. The number of aromatic hydroxyl groups is 1. The van der Waals surface area contributed by atoms with Crippen LogP contribution >= 0.6 is 0 Å². The van der Waals surface area contributed by atoms with E-state index < -0.39 is 0 Å². The van der Waals surface area contributed by atoms with E-state index in [1.165, 1.54) is 0 Å². The Balaban J connectivity index is 1.76. The van der Waals surface area contributed by atoms with E-state index in [1.54, 1.807) is 28.8 Å². The molecule has 0 spiro atoms. The van der Waals surface area contributed by atoms with Crippen molar-refractivity contribution in [2.45, 2.75) is 13.5 Å². The molecule has 0 aliphatic carbocycles. The van der Waals surface area contributed by atoms with Crippen molar-refractivity contribution in [2.75, 3.05) is 36.8 Å². The van der Waals surface area contributed by atoms with Gasteiger partial charge in [-0.15, -0.1) is 0 Å². The lowest BCUT2D eigenvalue weighted by atomic mass is 9.98. The Kier molecular flexibility index (Phi) is 4.66. The lowest BCUT2D eigenvalue weighted by Gasteiger charge is -2.30. The largest absolute Gasteiger partial charge is 0.508 e. The summed E-state index contributed by atoms with van der Waals surface area (Å²) in [6.45, 7) is 6.20. The number of H-pyrrole nitrogens is 1. The van der Waals surface area contributed by atoms with Gasteiger partial charge in [-0.3, -0.25) is 9.89 Å². The lowest BCUT2D eigenvalue weighted by molar-refractivity contribution is 0.475. The van der Waals surface area contributed by atoms with Crippen LogP contribution in [-0.4, -0.2) is 51.0 Å². The van der Waals surface area contributed by atoms with E-state index >= 15 is 0 Å². The molecule has 0 bridgehead atoms. The van der Waals surface area contributed by atoms with Crippen molar-refractivity contribution in [2.24, 2.45) is 0 Å². The Morgan fingerprint density at radius 3 is 2.56 bits per heavy atom. The van der Waals surface area contributed by atoms with Crippen molar-refractivity contribution in [1.29, 1.82) is 0 Å². The van der Waals surface area contributed by atoms with Crippen LogP contribution in [0, 0.1) is 0 Å². The predicted octanol–water partition coefficient (Wildman–Crippen LogP) is 2.81. The van der Waals surface area contributed by atoms with E-state index in [1.807, 2.05) is 6.92 Å². The summed E-state index contributed by atoms with van der Waals surface area (Å²) in [5, 5.41) is 23.1. The number of piperazine rings is 1. The molecule has 6 rings (SSSR count). The van der Waals surface area contributed by atoms with Crippen LogP contribution in [0.4, 0.5) is 11.5 Å². The highest BCUT2D eigenvalue weighted by molar-refractivity contribution is 6.23. The van der Waals surface area contributed by atoms with Gasteiger partial charge in [0.1, 0.15) is 11.6 Å². The SMILES string of the molecule is CCn1c(=O)c2c(-c3ccc(O)cc3)nc3n[nH]c(N)c3c2c2ccc(N3CCNCC3)cc21. The summed E-state index contributed by atoms with van der Waals surface area (Å²) >= 11 is 0. The number of fused-ring (bicyclic) bond motifs is 5. The number of nitrogen functional groups attached to an aromatic ring is 1. The second kappa shape index (κ2) is 7.74. The molecule has 1 fully saturated rings. The summed E-state index contributed by atoms with van der Waals surface area (Å²) < 4.78 is 1.80. The molecular weight excluding hydrogens is 430 g/mol. The number of aryl methyl sites for hydroxylation is 1. The number of nitrogens with two attached hydrogens (primary N) is 1. The van der Waals surface area contributed by atoms with Crippen molar-refractivity contribution in [3.8, 4) is 17.0 Å². The fourth-order valence-corrected chi connectivity index (χ4v) is 5.02. The van der Waals surface area contributed by atoms with Gasteiger partial charge in [0.25, 0.3) is 5.56 Å². The number of aromatic amines is 1. The summed E-state index contributed by atoms with van der Waals surface area (Å²) in [6.07, 6.45) is 0. The van der Waals surface area contributed by atoms with Gasteiger partial charge in [0, 0.05) is 54.7 Å². The highest BCUT2D eigenvalue weighted by Crippen LogP contribution is 2.37. The fraction of sp³-hybridized carbons (Fsp3) is 0.240. The van der Waals surface area contributed by atoms with E-state index in [2.05, 4.69) is 38.6 Å². The predicted molar refractivity (Wildman–Crippen MR) is 135 cm³/mol. The Bertz CT molecular complexity index is 1610. The maximum Gasteiger partial charge on any atom is 0.261 e. The third kappa shape index (κ3) is 3.01. The lowest BCUT2D eigenvalue weighted by Crippen LogP contribution is -2.43. The van der Waals surface area contributed by atoms with Gasteiger partial charge in [0.15, 0.2) is 5.65 Å². The zero-order valence-corrected chi connectivity index (χ0v) is 18.8. The molecule has 9 heteroatoms. The average Bonchev–Trinajstić information content (AvgIpc) is 3.24. The molecule has 172 valence electrons. The number of hydrogen-bond donors (Lipinski definition) is 4. The van der Waals surface area contributed by atoms with Gasteiger partial charge in [0.2, 0.25) is 0 Å². The maximum absolute atomic E-state index is 14.0. The minimum Gasteiger partial charge on any atom is -0.508 e. The molecule has 5 aromatic rings. The highest BCUT2D eigenvalue weighted by atomic mass is 16.3. The van der Waals surface area contributed by atoms with Crippen molar-refractivity contribution >= 4 is 44.2 Å². The number of rotatable bonds is 3. The number of hydrogen-bond acceptors (Lipinski definition) is 7. The van der Waals surface area contributed by atoms with E-state index in [0.717, 1.165) is 53.7 Å². The summed E-state index contributed by atoms with van der Waals surface area (Å²) in [7, 11) is 0. The number of phenols is 1. The highest BCUT2D eigenvalue weighted by Gasteiger charge is 2.22. The van der Waals surface area contributed by atoms with Crippen molar-refractivity contribution in [1.82, 2.24) is 25.1 Å². The van der Waals surface area contributed by atoms with Crippen LogP contribution in [0.2, 0.25) is 0 Å². The summed E-state index contributed by atoms with van der Waals surface area (Å²) in [5.41, 5.74) is 9.83. The van der Waals surface area contributed by atoms with Gasteiger partial charge in [0.05, 0.1) is 22.0 Å². The third-order valence-electron chi connectivity index (χ3n) is 6.67. The molecule has 4 heterocycles. The van der Waals surface area contributed by atoms with Gasteiger partial charge in [-0.1, -0.05) is 6.07 Å². The number of aromatic nitrogens is 4. The Morgan fingerprint density at radius 1 is 1.06 bits per heavy atom. The molecule has 3 aromatic heterocycles. The van der Waals surface area contributed by atoms with Gasteiger partial charge in [-0.25, -0.2) is 4.98 Å². The first-order valence-electron chi connectivity index (χ1n) is 11.5. The zero-order valence-electron chi connectivity index (χ0n) is 18.8. The Morgan fingerprint density at radius 2 is 1.82 bits per heavy atom. The molecule has 1 saturated heterocycles. The van der Waals surface area contributed by atoms with E-state index in [0.29, 0.717) is 34.5 Å². The Hall–Kier alpha value is -4.11. The first-order valence-corrected chi connectivity index (χ1v) is 11.5. The van der Waals surface area contributed by atoms with Gasteiger partial charge < -0.3 is 25.6 Å². The molecule has 0 radical (unpaired) electrons. The van der Waals surface area contributed by atoms with E-state index in [9.17, 15) is 9.90 Å². The standard InChI is InChI=1S/C25H25N7O2/c1-2-32-18-13-15(31-11-9-27-10-12-31)5-8-17(18)19-20(25(32)34)22(14-3-6-16(33)7-4-14)28-24-21(19)23(26)29-30-24/h3-8,13,27,33H,2,9-12H2,1H3,(H3,26,28,29,30). The first-order chi connectivity index (χ1) is 16.6. The van der Waals surface area contributed by atoms with Crippen molar-refractivity contribution < 1.29 is 5.11 Å². The summed E-state index contributed by atoms with van der Waals surface area (Å²) in [4.78, 5) is 21.0. The Labute approximate surface area is 194 Å². The van der Waals surface area contributed by atoms with E-state index in [4.69, 9.17) is 10.7 Å². The molecular formula is C25H25N7O2. The van der Waals surface area contributed by atoms with Crippen LogP contribution < -0.4 is 21.5 Å². The number of nitrogens with zero attached hydrogens (tertiary/aromatic N) is 4. The van der Waals surface area contributed by atoms with Crippen molar-refractivity contribution in [3.05, 3.63) is 52.8 Å². The van der Waals surface area contributed by atoms with Gasteiger partial charge >= 0.3 is 0 Å². The molecule has 5 N–H and O–H groups in total. The molecule has 0 unspecified atom stereocenters. The number of anilines is 2. The molecule has 34 heavy (non-hydrogen) atoms. The fourth-order valence-electron chi connectivity index (χ4n) is 5.02. The minimum atomic E-state index is -0.125. The average molecular weight is 456 g/mol. The number of pyridine rings is 2. The van der Waals surface area contributed by atoms with Crippen LogP contribution in [-0.2, 0) is 6.54 Å². The molecule has 0 saturated carbocycles. The quantitative estimate of drug-likeness (QED) is 0.308. The maximum atomic E-state index is 14.0. The molecule has 0 atom stereocenters.